The van der Waals surface area contributed by atoms with Gasteiger partial charge in [0.2, 0.25) is 11.6 Å². The van der Waals surface area contributed by atoms with Crippen LogP contribution in [0.5, 0.6) is 0 Å². The summed E-state index contributed by atoms with van der Waals surface area (Å²) in [5.74, 6) is 1.08. The maximum Gasteiger partial charge on any atom is 0.230 e. The highest BCUT2D eigenvalue weighted by molar-refractivity contribution is 5.72. The molecular formula is C20H24N8O2. The zero-order valence-corrected chi connectivity index (χ0v) is 17.1. The molecule has 0 amide bonds. The summed E-state index contributed by atoms with van der Waals surface area (Å²) in [5, 5.41) is 24.8. The Hall–Kier alpha value is -3.37. The Morgan fingerprint density at radius 3 is 2.67 bits per heavy atom. The van der Waals surface area contributed by atoms with Gasteiger partial charge >= 0.3 is 0 Å². The number of nitrogens with one attached hydrogen (secondary N) is 1. The minimum atomic E-state index is -0.500. The molecule has 0 saturated heterocycles. The molecule has 30 heavy (non-hydrogen) atoms. The minimum Gasteiger partial charge on any atom is -0.394 e. The molecular weight excluding hydrogens is 384 g/mol. The van der Waals surface area contributed by atoms with Crippen LogP contribution in [0.15, 0.2) is 42.7 Å². The van der Waals surface area contributed by atoms with E-state index in [1.165, 1.54) is 0 Å². The third-order valence-electron chi connectivity index (χ3n) is 4.77. The van der Waals surface area contributed by atoms with Gasteiger partial charge in [-0.2, -0.15) is 10.1 Å². The topological polar surface area (TPSA) is 116 Å². The molecule has 0 unspecified atom stereocenters. The lowest BCUT2D eigenvalue weighted by Crippen LogP contribution is -2.23. The maximum absolute atomic E-state index is 9.00. The van der Waals surface area contributed by atoms with Gasteiger partial charge in [0.1, 0.15) is 5.52 Å². The molecule has 0 aliphatic heterocycles. The zero-order chi connectivity index (χ0) is 21.1. The van der Waals surface area contributed by atoms with Crippen molar-refractivity contribution >= 4 is 22.9 Å². The van der Waals surface area contributed by atoms with Gasteiger partial charge in [-0.15, -0.1) is 5.10 Å². The van der Waals surface area contributed by atoms with Crippen molar-refractivity contribution in [1.82, 2.24) is 34.7 Å². The molecule has 0 aliphatic carbocycles. The van der Waals surface area contributed by atoms with E-state index in [2.05, 4.69) is 30.7 Å². The first-order valence-corrected chi connectivity index (χ1v) is 9.75. The fraction of sp³-hybridized carbons (Fsp3) is 0.350. The normalized spacial score (nSPS) is 11.9. The molecule has 0 fully saturated rings. The lowest BCUT2D eigenvalue weighted by Gasteiger charge is -2.25. The number of benzene rings is 1. The maximum atomic E-state index is 9.00. The average Bonchev–Trinajstić information content (AvgIpc) is 3.39. The minimum absolute atomic E-state index is 0.0101. The van der Waals surface area contributed by atoms with Gasteiger partial charge in [0.25, 0.3) is 0 Å². The van der Waals surface area contributed by atoms with E-state index >= 15 is 0 Å². The Morgan fingerprint density at radius 2 is 1.97 bits per heavy atom. The molecule has 3 aromatic heterocycles. The first kappa shape index (κ1) is 19.9. The molecule has 4 rings (SSSR count). The molecule has 1 aromatic carbocycles. The molecule has 0 spiro atoms. The van der Waals surface area contributed by atoms with E-state index in [1.807, 2.05) is 62.0 Å². The second kappa shape index (κ2) is 8.17. The number of aromatic nitrogens is 7. The summed E-state index contributed by atoms with van der Waals surface area (Å²) in [4.78, 5) is 8.80. The van der Waals surface area contributed by atoms with Crippen molar-refractivity contribution < 1.29 is 9.84 Å². The van der Waals surface area contributed by atoms with Crippen LogP contribution in [0.25, 0.3) is 16.9 Å². The van der Waals surface area contributed by atoms with Crippen molar-refractivity contribution in [3.05, 3.63) is 48.3 Å². The Kier molecular flexibility index (Phi) is 5.42. The zero-order valence-electron chi connectivity index (χ0n) is 17.1. The van der Waals surface area contributed by atoms with E-state index in [0.29, 0.717) is 22.9 Å². The molecule has 10 heteroatoms. The van der Waals surface area contributed by atoms with E-state index in [0.717, 1.165) is 17.8 Å². The summed E-state index contributed by atoms with van der Waals surface area (Å²) in [7, 11) is 0. The van der Waals surface area contributed by atoms with E-state index in [1.54, 1.807) is 10.9 Å². The Labute approximate surface area is 173 Å². The highest BCUT2D eigenvalue weighted by atomic mass is 16.5. The molecule has 156 valence electrons. The SMILES string of the molecule is CCn1ccc(Nc2ncc3c(nnn3-c3ccc(C(C)(C)OCCO)cc3)n2)n1. The standard InChI is InChI=1S/C20H24N8O2/c1-4-27-10-9-17(25-27)22-19-21-13-16-18(23-19)24-26-28(16)15-7-5-14(6-8-15)20(2,3)30-12-11-29/h5-10,13,29H,4,11-12H2,1-3H3,(H,21,22,23,25). The molecule has 0 atom stereocenters. The predicted octanol–water partition coefficient (Wildman–Crippen LogP) is 2.41. The van der Waals surface area contributed by atoms with E-state index in [4.69, 9.17) is 9.84 Å². The number of ether oxygens (including phenoxy) is 1. The first-order valence-electron chi connectivity index (χ1n) is 9.75. The van der Waals surface area contributed by atoms with E-state index in [-0.39, 0.29) is 13.2 Å². The highest BCUT2D eigenvalue weighted by Crippen LogP contribution is 2.26. The van der Waals surface area contributed by atoms with Gasteiger partial charge < -0.3 is 15.2 Å². The number of aryl methyl sites for hydroxylation is 1. The van der Waals surface area contributed by atoms with E-state index in [9.17, 15) is 0 Å². The first-order chi connectivity index (χ1) is 14.5. The van der Waals surface area contributed by atoms with Crippen molar-refractivity contribution in [1.29, 1.82) is 0 Å². The molecule has 0 saturated carbocycles. The average molecular weight is 408 g/mol. The molecule has 3 heterocycles. The van der Waals surface area contributed by atoms with Gasteiger partial charge in [-0.25, -0.2) is 9.67 Å². The molecule has 0 aliphatic rings. The van der Waals surface area contributed by atoms with E-state index < -0.39 is 5.60 Å². The summed E-state index contributed by atoms with van der Waals surface area (Å²) >= 11 is 0. The van der Waals surface area contributed by atoms with Crippen LogP contribution in [-0.4, -0.2) is 53.1 Å². The van der Waals surface area contributed by atoms with Crippen molar-refractivity contribution in [2.75, 3.05) is 18.5 Å². The van der Waals surface area contributed by atoms with Crippen LogP contribution in [-0.2, 0) is 16.9 Å². The Morgan fingerprint density at radius 1 is 1.17 bits per heavy atom. The molecule has 0 bridgehead atoms. The number of hydrogen-bond acceptors (Lipinski definition) is 8. The Balaban J connectivity index is 1.56. The van der Waals surface area contributed by atoms with Crippen LogP contribution in [0.2, 0.25) is 0 Å². The second-order valence-corrected chi connectivity index (χ2v) is 7.21. The number of fused-ring (bicyclic) bond motifs is 1. The van der Waals surface area contributed by atoms with Gasteiger partial charge in [0.05, 0.1) is 30.7 Å². The van der Waals surface area contributed by atoms with Crippen LogP contribution >= 0.6 is 0 Å². The summed E-state index contributed by atoms with van der Waals surface area (Å²) in [6, 6.07) is 9.69. The van der Waals surface area contributed by atoms with Crippen molar-refractivity contribution in [3.63, 3.8) is 0 Å². The summed E-state index contributed by atoms with van der Waals surface area (Å²) < 4.78 is 9.22. The van der Waals surface area contributed by atoms with Crippen LogP contribution in [0.4, 0.5) is 11.8 Å². The monoisotopic (exact) mass is 408 g/mol. The summed E-state index contributed by atoms with van der Waals surface area (Å²) in [6.07, 6.45) is 3.57. The number of aliphatic hydroxyl groups is 1. The number of rotatable bonds is 8. The smallest absolute Gasteiger partial charge is 0.230 e. The number of hydrogen-bond donors (Lipinski definition) is 2. The van der Waals surface area contributed by atoms with Crippen LogP contribution in [0.3, 0.4) is 0 Å². The van der Waals surface area contributed by atoms with Crippen molar-refractivity contribution in [2.24, 2.45) is 0 Å². The molecule has 4 aromatic rings. The number of aliphatic hydroxyl groups excluding tert-OH is 1. The van der Waals surface area contributed by atoms with Crippen LogP contribution in [0, 0.1) is 0 Å². The summed E-state index contributed by atoms with van der Waals surface area (Å²) in [5.41, 5.74) is 2.52. The lowest BCUT2D eigenvalue weighted by molar-refractivity contribution is -0.0369. The van der Waals surface area contributed by atoms with Crippen molar-refractivity contribution in [2.45, 2.75) is 32.9 Å². The summed E-state index contributed by atoms with van der Waals surface area (Å²) in [6.45, 7) is 7.02. The quantitative estimate of drug-likeness (QED) is 0.457. The largest absolute Gasteiger partial charge is 0.394 e. The fourth-order valence-corrected chi connectivity index (χ4v) is 3.08. The predicted molar refractivity (Wildman–Crippen MR) is 112 cm³/mol. The fourth-order valence-electron chi connectivity index (χ4n) is 3.08. The highest BCUT2D eigenvalue weighted by Gasteiger charge is 2.21. The Bertz CT molecular complexity index is 1130. The number of nitrogens with zero attached hydrogens (tertiary/aromatic N) is 7. The number of anilines is 2. The van der Waals surface area contributed by atoms with Gasteiger partial charge in [0, 0.05) is 18.8 Å². The van der Waals surface area contributed by atoms with Gasteiger partial charge in [-0.05, 0) is 38.5 Å². The second-order valence-electron chi connectivity index (χ2n) is 7.21. The van der Waals surface area contributed by atoms with Crippen molar-refractivity contribution in [3.8, 4) is 5.69 Å². The molecule has 0 radical (unpaired) electrons. The molecule has 10 nitrogen and oxygen atoms in total. The lowest BCUT2D eigenvalue weighted by atomic mass is 9.98. The molecule has 2 N–H and O–H groups in total. The van der Waals surface area contributed by atoms with Crippen LogP contribution < -0.4 is 5.32 Å². The third kappa shape index (κ3) is 4.00. The third-order valence-corrected chi connectivity index (χ3v) is 4.77. The van der Waals surface area contributed by atoms with Gasteiger partial charge in [-0.1, -0.05) is 17.3 Å². The van der Waals surface area contributed by atoms with Gasteiger partial charge in [0.15, 0.2) is 5.82 Å². The van der Waals surface area contributed by atoms with Gasteiger partial charge in [-0.3, -0.25) is 4.68 Å². The van der Waals surface area contributed by atoms with Crippen LogP contribution in [0.1, 0.15) is 26.3 Å².